The van der Waals surface area contributed by atoms with E-state index in [2.05, 4.69) is 0 Å². The highest BCUT2D eigenvalue weighted by molar-refractivity contribution is 5.68. The van der Waals surface area contributed by atoms with E-state index in [0.29, 0.717) is 11.3 Å². The molecule has 2 atom stereocenters. The van der Waals surface area contributed by atoms with E-state index in [-0.39, 0.29) is 11.3 Å². The monoisotopic (exact) mass is 355 g/mol. The van der Waals surface area contributed by atoms with Gasteiger partial charge in [0.15, 0.2) is 6.29 Å². The number of halogens is 3. The van der Waals surface area contributed by atoms with Crippen molar-refractivity contribution in [3.05, 3.63) is 59.2 Å². The van der Waals surface area contributed by atoms with E-state index in [0.717, 1.165) is 12.1 Å². The van der Waals surface area contributed by atoms with Gasteiger partial charge in [0.25, 0.3) is 0 Å². The fourth-order valence-electron chi connectivity index (χ4n) is 2.64. The fourth-order valence-corrected chi connectivity index (χ4v) is 2.64. The number of alkyl halides is 3. The molecule has 7 heteroatoms. The average Bonchev–Trinajstić information content (AvgIpc) is 2.62. The molecule has 0 spiro atoms. The van der Waals surface area contributed by atoms with Crippen LogP contribution in [0.2, 0.25) is 0 Å². The minimum absolute atomic E-state index is 0.111. The molecule has 0 aliphatic carbocycles. The molecule has 4 nitrogen and oxygen atoms in total. The van der Waals surface area contributed by atoms with Crippen LogP contribution in [0.15, 0.2) is 42.5 Å². The Labute approximate surface area is 146 Å². The van der Waals surface area contributed by atoms with Crippen LogP contribution in [0.3, 0.4) is 0 Å². The molecule has 2 aromatic carbocycles. The summed E-state index contributed by atoms with van der Waals surface area (Å²) in [5, 5.41) is 0. The number of benzene rings is 2. The van der Waals surface area contributed by atoms with Crippen LogP contribution in [-0.2, 0) is 27.0 Å². The van der Waals surface area contributed by atoms with Gasteiger partial charge in [-0.05, 0) is 24.3 Å². The molecule has 1 aliphatic rings. The maximum Gasteiger partial charge on any atom is 0.416 e. The summed E-state index contributed by atoms with van der Waals surface area (Å²) in [6.45, 7) is -2.61. The maximum atomic E-state index is 13.2. The van der Waals surface area contributed by atoms with Gasteiger partial charge in [0.05, 0.1) is 14.9 Å². The first-order chi connectivity index (χ1) is 12.8. The van der Waals surface area contributed by atoms with Crippen molar-refractivity contribution in [1.82, 2.24) is 0 Å². The van der Waals surface area contributed by atoms with E-state index in [1.165, 1.54) is 25.2 Å². The number of nitrogens with zero attached hydrogens (tertiary/aromatic N) is 1. The van der Waals surface area contributed by atoms with Gasteiger partial charge >= 0.3 is 6.18 Å². The van der Waals surface area contributed by atoms with E-state index in [1.807, 2.05) is 0 Å². The highest BCUT2D eigenvalue weighted by atomic mass is 19.4. The van der Waals surface area contributed by atoms with Gasteiger partial charge in [0.2, 0.25) is 0 Å². The minimum atomic E-state index is -4.53. The number of methoxy groups -OCH3 is 2. The van der Waals surface area contributed by atoms with Crippen LogP contribution in [0.25, 0.3) is 0 Å². The van der Waals surface area contributed by atoms with Gasteiger partial charge < -0.3 is 19.1 Å². The molecular formula is C18H18F3NO3. The minimum Gasteiger partial charge on any atom is -0.356 e. The number of hydrogen-bond acceptors (Lipinski definition) is 4. The second-order valence-corrected chi connectivity index (χ2v) is 5.40. The lowest BCUT2D eigenvalue weighted by Crippen LogP contribution is -2.27. The van der Waals surface area contributed by atoms with Crippen LogP contribution < -0.4 is 4.90 Å². The first-order valence-corrected chi connectivity index (χ1v) is 7.42. The number of hydrogen-bond donors (Lipinski definition) is 0. The summed E-state index contributed by atoms with van der Waals surface area (Å²) in [7, 11) is 2.93. The highest BCUT2D eigenvalue weighted by Crippen LogP contribution is 2.38. The Bertz CT molecular complexity index is 815. The van der Waals surface area contributed by atoms with Crippen LogP contribution in [0.1, 0.15) is 25.7 Å². The van der Waals surface area contributed by atoms with Gasteiger partial charge in [-0.25, -0.2) is 0 Å². The molecule has 1 aliphatic heterocycles. The number of ether oxygens (including phenoxy) is 3. The summed E-state index contributed by atoms with van der Waals surface area (Å²) < 4.78 is 71.3. The summed E-state index contributed by atoms with van der Waals surface area (Å²) >= 11 is 0. The van der Waals surface area contributed by atoms with Crippen molar-refractivity contribution < 1.29 is 30.1 Å². The second kappa shape index (κ2) is 7.03. The molecule has 0 N–H and O–H groups in total. The molecule has 0 bridgehead atoms. The zero-order valence-electron chi connectivity index (χ0n) is 15.6. The number of rotatable bonds is 4. The van der Waals surface area contributed by atoms with Crippen molar-refractivity contribution >= 4 is 11.4 Å². The Balaban J connectivity index is 2.11. The topological polar surface area (TPSA) is 30.9 Å². The quantitative estimate of drug-likeness (QED) is 0.749. The van der Waals surface area contributed by atoms with Crippen LogP contribution >= 0.6 is 0 Å². The Morgan fingerprint density at radius 2 is 1.92 bits per heavy atom. The molecule has 2 aromatic rings. The van der Waals surface area contributed by atoms with Crippen molar-refractivity contribution in [3.63, 3.8) is 0 Å². The summed E-state index contributed by atoms with van der Waals surface area (Å²) in [5.41, 5.74) is 0.576. The zero-order valence-corrected chi connectivity index (χ0v) is 13.6. The van der Waals surface area contributed by atoms with Crippen molar-refractivity contribution in [2.45, 2.75) is 19.0 Å². The van der Waals surface area contributed by atoms with E-state index in [1.54, 1.807) is 24.3 Å². The van der Waals surface area contributed by atoms with Crippen LogP contribution in [0, 0.1) is 0 Å². The lowest BCUT2D eigenvalue weighted by molar-refractivity contribution is -0.137. The number of fused-ring (bicyclic) bond motifs is 1. The van der Waals surface area contributed by atoms with E-state index in [4.69, 9.17) is 17.0 Å². The fraction of sp³-hybridized carbons (Fsp3) is 0.333. The lowest BCUT2D eigenvalue weighted by atomic mass is 10.1. The molecular weight excluding hydrogens is 335 g/mol. The van der Waals surface area contributed by atoms with Crippen molar-refractivity contribution in [1.29, 1.82) is 0 Å². The molecule has 0 saturated heterocycles. The zero-order chi connectivity index (χ0) is 19.8. The maximum absolute atomic E-state index is 13.2. The standard InChI is InChI=1S/C18H18F3NO3/c1-23-17(24-2)12-4-3-5-15(8-12)22-11-25-10-13-6-7-14(9-16(13)22)18(19,20)21/h3-9,17H,10-11H2,1-2H3/i10D,11D. The normalized spacial score (nSPS) is 21.8. The molecule has 0 amide bonds. The Morgan fingerprint density at radius 3 is 2.60 bits per heavy atom. The summed E-state index contributed by atoms with van der Waals surface area (Å²) in [5.74, 6) is 0. The van der Waals surface area contributed by atoms with Crippen molar-refractivity contribution in [2.24, 2.45) is 0 Å². The van der Waals surface area contributed by atoms with Gasteiger partial charge in [0.1, 0.15) is 6.71 Å². The Hall–Kier alpha value is -2.09. The average molecular weight is 355 g/mol. The molecule has 0 saturated carbocycles. The van der Waals surface area contributed by atoms with E-state index in [9.17, 15) is 13.2 Å². The first-order valence-electron chi connectivity index (χ1n) is 8.57. The molecule has 134 valence electrons. The SMILES string of the molecule is [2H]C1OC([2H])N(c2cccc(C(OC)OC)c2)c2cc(C(F)(F)F)ccc21. The molecule has 3 rings (SSSR count). The largest absolute Gasteiger partial charge is 0.416 e. The van der Waals surface area contributed by atoms with Crippen molar-refractivity contribution in [2.75, 3.05) is 25.8 Å². The predicted octanol–water partition coefficient (Wildman–Crippen LogP) is 4.62. The highest BCUT2D eigenvalue weighted by Gasteiger charge is 2.32. The smallest absolute Gasteiger partial charge is 0.356 e. The summed E-state index contributed by atoms with van der Waals surface area (Å²) in [4.78, 5) is 1.31. The predicted molar refractivity (Wildman–Crippen MR) is 86.4 cm³/mol. The lowest BCUT2D eigenvalue weighted by Gasteiger charge is -2.32. The van der Waals surface area contributed by atoms with Crippen LogP contribution in [0.5, 0.6) is 0 Å². The molecule has 0 radical (unpaired) electrons. The van der Waals surface area contributed by atoms with Gasteiger partial charge in [-0.1, -0.05) is 18.2 Å². The third-order valence-corrected chi connectivity index (χ3v) is 3.83. The molecule has 0 fully saturated rings. The van der Waals surface area contributed by atoms with Gasteiger partial charge in [-0.15, -0.1) is 0 Å². The van der Waals surface area contributed by atoms with Crippen LogP contribution in [-0.4, -0.2) is 20.9 Å². The molecule has 1 heterocycles. The molecule has 2 unspecified atom stereocenters. The molecule has 0 aromatic heterocycles. The Morgan fingerprint density at radius 1 is 1.16 bits per heavy atom. The Kier molecular flexibility index (Phi) is 4.27. The second-order valence-electron chi connectivity index (χ2n) is 5.40. The van der Waals surface area contributed by atoms with E-state index < -0.39 is 31.3 Å². The third-order valence-electron chi connectivity index (χ3n) is 3.83. The first kappa shape index (κ1) is 15.2. The van der Waals surface area contributed by atoms with E-state index >= 15 is 0 Å². The summed E-state index contributed by atoms with van der Waals surface area (Å²) in [6.07, 6.45) is -5.20. The van der Waals surface area contributed by atoms with Gasteiger partial charge in [0, 0.05) is 36.7 Å². The molecule has 25 heavy (non-hydrogen) atoms. The van der Waals surface area contributed by atoms with Gasteiger partial charge in [-0.3, -0.25) is 0 Å². The van der Waals surface area contributed by atoms with Gasteiger partial charge in [-0.2, -0.15) is 13.2 Å². The number of anilines is 2. The summed E-state index contributed by atoms with van der Waals surface area (Å²) in [6, 6.07) is 9.79. The van der Waals surface area contributed by atoms with Crippen molar-refractivity contribution in [3.8, 4) is 0 Å². The van der Waals surface area contributed by atoms with Crippen LogP contribution in [0.4, 0.5) is 24.5 Å². The third kappa shape index (κ3) is 3.63.